The third kappa shape index (κ3) is 4.48. The van der Waals surface area contributed by atoms with E-state index in [1.165, 1.54) is 0 Å². The number of hydrogen-bond acceptors (Lipinski definition) is 4. The Morgan fingerprint density at radius 3 is 2.57 bits per heavy atom. The fourth-order valence-electron chi connectivity index (χ4n) is 0.804. The first kappa shape index (κ1) is 13.2. The smallest absolute Gasteiger partial charge is 0.305 e. The van der Waals surface area contributed by atoms with E-state index in [0.717, 1.165) is 0 Å². The van der Waals surface area contributed by atoms with Crippen molar-refractivity contribution in [2.45, 2.75) is 31.8 Å². The van der Waals surface area contributed by atoms with Crippen LogP contribution in [0.1, 0.15) is 19.8 Å². The van der Waals surface area contributed by atoms with Gasteiger partial charge >= 0.3 is 5.97 Å². The highest BCUT2D eigenvalue weighted by Crippen LogP contribution is 2.21. The maximum Gasteiger partial charge on any atom is 0.305 e. The third-order valence-corrected chi connectivity index (χ3v) is 1.63. The average Bonchev–Trinajstić information content (AvgIpc) is 2.14. The van der Waals surface area contributed by atoms with Gasteiger partial charge in [-0.25, -0.2) is 8.78 Å². The van der Waals surface area contributed by atoms with Gasteiger partial charge in [-0.2, -0.15) is 0 Å². The molecule has 84 valence electrons. The van der Waals surface area contributed by atoms with Gasteiger partial charge in [0.15, 0.2) is 0 Å². The van der Waals surface area contributed by atoms with Crippen LogP contribution in [0, 0.1) is 0 Å². The van der Waals surface area contributed by atoms with Gasteiger partial charge in [0, 0.05) is 6.42 Å². The second-order valence-corrected chi connectivity index (χ2v) is 2.78. The van der Waals surface area contributed by atoms with Crippen LogP contribution in [-0.2, 0) is 9.53 Å². The minimum absolute atomic E-state index is 0.172. The van der Waals surface area contributed by atoms with Crippen LogP contribution in [0.15, 0.2) is 0 Å². The average molecular weight is 212 g/mol. The lowest BCUT2D eigenvalue weighted by molar-refractivity contribution is -0.151. The summed E-state index contributed by atoms with van der Waals surface area (Å²) in [5.74, 6) is -4.20. The molecule has 0 aromatic heterocycles. The largest absolute Gasteiger partial charge is 0.466 e. The van der Waals surface area contributed by atoms with Crippen LogP contribution in [0.3, 0.4) is 0 Å². The van der Waals surface area contributed by atoms with Gasteiger partial charge in [0.1, 0.15) is 12.7 Å². The lowest BCUT2D eigenvalue weighted by atomic mass is 10.1. The van der Waals surface area contributed by atoms with Crippen molar-refractivity contribution in [1.29, 1.82) is 0 Å². The molecule has 0 saturated heterocycles. The number of rotatable bonds is 6. The van der Waals surface area contributed by atoms with Crippen LogP contribution >= 0.6 is 0 Å². The Morgan fingerprint density at radius 2 is 2.14 bits per heavy atom. The summed E-state index contributed by atoms with van der Waals surface area (Å²) in [6.45, 7) is 0.332. The van der Waals surface area contributed by atoms with Crippen molar-refractivity contribution >= 4 is 5.97 Å². The number of esters is 1. The topological polar surface area (TPSA) is 66.8 Å². The van der Waals surface area contributed by atoms with E-state index in [0.29, 0.717) is 0 Å². The molecule has 0 bridgehead atoms. The van der Waals surface area contributed by atoms with Crippen LogP contribution in [0.4, 0.5) is 8.78 Å². The van der Waals surface area contributed by atoms with Crippen molar-refractivity contribution in [2.75, 3.05) is 13.2 Å². The van der Waals surface area contributed by atoms with Gasteiger partial charge in [0.25, 0.3) is 5.92 Å². The third-order valence-electron chi connectivity index (χ3n) is 1.63. The summed E-state index contributed by atoms with van der Waals surface area (Å²) >= 11 is 0. The first-order chi connectivity index (χ1) is 6.44. The molecule has 4 nitrogen and oxygen atoms in total. The Morgan fingerprint density at radius 1 is 1.57 bits per heavy atom. The summed E-state index contributed by atoms with van der Waals surface area (Å²) < 4.78 is 29.5. The molecule has 0 saturated carbocycles. The molecular formula is C8H14F2O4. The number of aliphatic hydroxyl groups excluding tert-OH is 2. The second kappa shape index (κ2) is 5.87. The quantitative estimate of drug-likeness (QED) is 0.622. The van der Waals surface area contributed by atoms with Crippen molar-refractivity contribution in [3.63, 3.8) is 0 Å². The normalized spacial score (nSPS) is 13.8. The number of carbonyl (C=O) groups is 1. The lowest BCUT2D eigenvalue weighted by Crippen LogP contribution is -2.37. The van der Waals surface area contributed by atoms with E-state index in [9.17, 15) is 13.6 Å². The number of halogens is 2. The summed E-state index contributed by atoms with van der Waals surface area (Å²) in [6.07, 6.45) is -2.73. The molecule has 0 aliphatic rings. The Balaban J connectivity index is 3.84. The zero-order chi connectivity index (χ0) is 11.2. The van der Waals surface area contributed by atoms with E-state index in [2.05, 4.69) is 4.74 Å². The molecule has 0 aliphatic carbocycles. The van der Waals surface area contributed by atoms with Crippen LogP contribution in [0.5, 0.6) is 0 Å². The fraction of sp³-hybridized carbons (Fsp3) is 0.875. The monoisotopic (exact) mass is 212 g/mol. The minimum atomic E-state index is -3.56. The molecule has 1 unspecified atom stereocenters. The SMILES string of the molecule is CCOC(=O)CCC(O)C(F)(F)CO. The van der Waals surface area contributed by atoms with Gasteiger partial charge in [0.05, 0.1) is 6.61 Å². The van der Waals surface area contributed by atoms with Gasteiger partial charge < -0.3 is 14.9 Å². The summed E-state index contributed by atoms with van der Waals surface area (Å²) in [5, 5.41) is 17.1. The molecule has 0 aromatic rings. The zero-order valence-electron chi connectivity index (χ0n) is 7.87. The summed E-state index contributed by atoms with van der Waals surface area (Å²) in [7, 11) is 0. The Labute approximate surface area is 80.5 Å². The Hall–Kier alpha value is -0.750. The number of carbonyl (C=O) groups excluding carboxylic acids is 1. The highest BCUT2D eigenvalue weighted by molar-refractivity contribution is 5.69. The van der Waals surface area contributed by atoms with Crippen LogP contribution in [-0.4, -0.2) is 41.4 Å². The van der Waals surface area contributed by atoms with Crippen LogP contribution in [0.2, 0.25) is 0 Å². The maximum absolute atomic E-state index is 12.5. The predicted octanol–water partition coefficient (Wildman–Crippen LogP) is 0.318. The van der Waals surface area contributed by atoms with E-state index in [4.69, 9.17) is 10.2 Å². The summed E-state index contributed by atoms with van der Waals surface area (Å²) in [4.78, 5) is 10.7. The zero-order valence-corrected chi connectivity index (χ0v) is 7.87. The molecule has 0 aromatic carbocycles. The highest BCUT2D eigenvalue weighted by Gasteiger charge is 2.37. The maximum atomic E-state index is 12.5. The van der Waals surface area contributed by atoms with Crippen molar-refractivity contribution < 1.29 is 28.5 Å². The van der Waals surface area contributed by atoms with Crippen LogP contribution < -0.4 is 0 Å². The first-order valence-electron chi connectivity index (χ1n) is 4.26. The second-order valence-electron chi connectivity index (χ2n) is 2.78. The molecule has 2 N–H and O–H groups in total. The molecule has 0 fully saturated rings. The molecule has 0 rings (SSSR count). The number of alkyl halides is 2. The lowest BCUT2D eigenvalue weighted by Gasteiger charge is -2.19. The molecular weight excluding hydrogens is 198 g/mol. The Kier molecular flexibility index (Phi) is 5.56. The van der Waals surface area contributed by atoms with Gasteiger partial charge in [-0.1, -0.05) is 0 Å². The van der Waals surface area contributed by atoms with E-state index in [1.807, 2.05) is 0 Å². The van der Waals surface area contributed by atoms with Crippen molar-refractivity contribution in [3.8, 4) is 0 Å². The van der Waals surface area contributed by atoms with Crippen molar-refractivity contribution in [3.05, 3.63) is 0 Å². The molecule has 14 heavy (non-hydrogen) atoms. The van der Waals surface area contributed by atoms with E-state index < -0.39 is 31.0 Å². The van der Waals surface area contributed by atoms with Gasteiger partial charge in [-0.3, -0.25) is 4.79 Å². The predicted molar refractivity (Wildman–Crippen MR) is 43.9 cm³/mol. The van der Waals surface area contributed by atoms with Gasteiger partial charge in [0.2, 0.25) is 0 Å². The number of hydrogen-bond donors (Lipinski definition) is 2. The van der Waals surface area contributed by atoms with E-state index in [1.54, 1.807) is 6.92 Å². The van der Waals surface area contributed by atoms with Crippen LogP contribution in [0.25, 0.3) is 0 Å². The van der Waals surface area contributed by atoms with Gasteiger partial charge in [-0.15, -0.1) is 0 Å². The van der Waals surface area contributed by atoms with E-state index in [-0.39, 0.29) is 13.0 Å². The van der Waals surface area contributed by atoms with Crippen molar-refractivity contribution in [2.24, 2.45) is 0 Å². The highest BCUT2D eigenvalue weighted by atomic mass is 19.3. The molecule has 0 heterocycles. The standard InChI is InChI=1S/C8H14F2O4/c1-2-14-7(13)4-3-6(12)8(9,10)5-11/h6,11-12H,2-5H2,1H3. The van der Waals surface area contributed by atoms with Gasteiger partial charge in [-0.05, 0) is 13.3 Å². The fourth-order valence-corrected chi connectivity index (χ4v) is 0.804. The molecule has 1 atom stereocenters. The van der Waals surface area contributed by atoms with Crippen molar-refractivity contribution in [1.82, 2.24) is 0 Å². The number of aliphatic hydroxyl groups is 2. The van der Waals surface area contributed by atoms with E-state index >= 15 is 0 Å². The minimum Gasteiger partial charge on any atom is -0.466 e. The molecule has 0 radical (unpaired) electrons. The summed E-state index contributed by atoms with van der Waals surface area (Å²) in [6, 6.07) is 0. The molecule has 0 aliphatic heterocycles. The Bertz CT molecular complexity index is 184. The molecule has 6 heteroatoms. The summed E-state index contributed by atoms with van der Waals surface area (Å²) in [5.41, 5.74) is 0. The first-order valence-corrected chi connectivity index (χ1v) is 4.26. The number of ether oxygens (including phenoxy) is 1. The molecule has 0 amide bonds. The molecule has 0 spiro atoms.